The maximum Gasteiger partial charge on any atom is 0.419 e. The average molecular weight is 427 g/mol. The molecule has 0 aliphatic heterocycles. The lowest BCUT2D eigenvalue weighted by Gasteiger charge is -2.07. The van der Waals surface area contributed by atoms with Crippen molar-refractivity contribution in [2.24, 2.45) is 0 Å². The van der Waals surface area contributed by atoms with E-state index in [1.54, 1.807) is 24.5 Å². The number of carbonyl (C=O) groups is 2. The van der Waals surface area contributed by atoms with Crippen molar-refractivity contribution in [3.8, 4) is 0 Å². The SMILES string of the molecule is O=C(CCCn1c(=O)oc2cc([N+](=O)[O-])ccc21)NCCC(=O)NCc1ccncc1. The molecule has 1 aromatic carbocycles. The second-order valence-electron chi connectivity index (χ2n) is 6.76. The Labute approximate surface area is 176 Å². The van der Waals surface area contributed by atoms with Gasteiger partial charge in [0.15, 0.2) is 5.58 Å². The quantitative estimate of drug-likeness (QED) is 0.368. The van der Waals surface area contributed by atoms with Crippen molar-refractivity contribution in [1.29, 1.82) is 0 Å². The number of pyridine rings is 1. The Bertz CT molecular complexity index is 1140. The van der Waals surface area contributed by atoms with Crippen molar-refractivity contribution in [3.63, 3.8) is 0 Å². The van der Waals surface area contributed by atoms with Crippen LogP contribution in [-0.4, -0.2) is 32.8 Å². The second-order valence-corrected chi connectivity index (χ2v) is 6.76. The Morgan fingerprint density at radius 2 is 1.84 bits per heavy atom. The lowest BCUT2D eigenvalue weighted by atomic mass is 10.2. The monoisotopic (exact) mass is 427 g/mol. The Morgan fingerprint density at radius 3 is 2.58 bits per heavy atom. The number of nitrogens with zero attached hydrogens (tertiary/aromatic N) is 3. The van der Waals surface area contributed by atoms with E-state index in [1.165, 1.54) is 22.8 Å². The summed E-state index contributed by atoms with van der Waals surface area (Å²) >= 11 is 0. The van der Waals surface area contributed by atoms with Gasteiger partial charge in [0.25, 0.3) is 5.69 Å². The summed E-state index contributed by atoms with van der Waals surface area (Å²) < 4.78 is 6.38. The molecule has 0 aliphatic carbocycles. The van der Waals surface area contributed by atoms with Crippen molar-refractivity contribution in [3.05, 3.63) is 69.0 Å². The number of oxazole rings is 1. The number of nitro benzene ring substituents is 1. The summed E-state index contributed by atoms with van der Waals surface area (Å²) in [6, 6.07) is 7.54. The van der Waals surface area contributed by atoms with E-state index in [0.29, 0.717) is 18.5 Å². The third-order valence-corrected chi connectivity index (χ3v) is 4.56. The summed E-state index contributed by atoms with van der Waals surface area (Å²) in [5, 5.41) is 16.2. The van der Waals surface area contributed by atoms with E-state index in [-0.39, 0.29) is 49.0 Å². The van der Waals surface area contributed by atoms with E-state index in [9.17, 15) is 24.5 Å². The number of hydrogen-bond acceptors (Lipinski definition) is 7. The first-order chi connectivity index (χ1) is 14.9. The number of nitro groups is 1. The van der Waals surface area contributed by atoms with Gasteiger partial charge in [0.05, 0.1) is 16.5 Å². The highest BCUT2D eigenvalue weighted by Crippen LogP contribution is 2.20. The highest BCUT2D eigenvalue weighted by atomic mass is 16.6. The number of nitrogens with one attached hydrogen (secondary N) is 2. The van der Waals surface area contributed by atoms with E-state index in [1.807, 2.05) is 0 Å². The molecule has 3 aromatic rings. The number of aryl methyl sites for hydroxylation is 1. The highest BCUT2D eigenvalue weighted by Gasteiger charge is 2.14. The molecule has 2 aromatic heterocycles. The molecule has 0 saturated heterocycles. The second kappa shape index (κ2) is 10.1. The largest absolute Gasteiger partial charge is 0.419 e. The fraction of sp³-hybridized carbons (Fsp3) is 0.300. The van der Waals surface area contributed by atoms with Gasteiger partial charge >= 0.3 is 5.76 Å². The van der Waals surface area contributed by atoms with Crippen LogP contribution < -0.4 is 16.4 Å². The van der Waals surface area contributed by atoms with Gasteiger partial charge in [-0.25, -0.2) is 4.79 Å². The van der Waals surface area contributed by atoms with Crippen LogP contribution in [0, 0.1) is 10.1 Å². The summed E-state index contributed by atoms with van der Waals surface area (Å²) in [6.45, 7) is 0.828. The lowest BCUT2D eigenvalue weighted by Crippen LogP contribution is -2.30. The molecule has 0 bridgehead atoms. The van der Waals surface area contributed by atoms with Gasteiger partial charge in [0, 0.05) is 50.9 Å². The number of rotatable bonds is 10. The number of non-ortho nitro benzene ring substituents is 1. The van der Waals surface area contributed by atoms with Crippen LogP contribution in [0.1, 0.15) is 24.8 Å². The molecule has 0 atom stereocenters. The van der Waals surface area contributed by atoms with Crippen molar-refractivity contribution < 1.29 is 18.9 Å². The Kier molecular flexibility index (Phi) is 7.09. The third kappa shape index (κ3) is 5.98. The first-order valence-electron chi connectivity index (χ1n) is 9.64. The molecule has 0 spiro atoms. The molecule has 0 aliphatic rings. The molecule has 2 heterocycles. The zero-order chi connectivity index (χ0) is 22.2. The van der Waals surface area contributed by atoms with Gasteiger partial charge in [-0.1, -0.05) is 0 Å². The molecule has 0 unspecified atom stereocenters. The van der Waals surface area contributed by atoms with Crippen LogP contribution in [0.5, 0.6) is 0 Å². The number of amides is 2. The Morgan fingerprint density at radius 1 is 1.10 bits per heavy atom. The van der Waals surface area contributed by atoms with Crippen LogP contribution in [0.25, 0.3) is 11.1 Å². The number of benzene rings is 1. The van der Waals surface area contributed by atoms with Gasteiger partial charge in [-0.15, -0.1) is 0 Å². The van der Waals surface area contributed by atoms with E-state index in [4.69, 9.17) is 4.42 Å². The van der Waals surface area contributed by atoms with Crippen LogP contribution in [0.4, 0.5) is 5.69 Å². The van der Waals surface area contributed by atoms with Crippen LogP contribution in [0.15, 0.2) is 51.9 Å². The minimum atomic E-state index is -0.637. The molecule has 0 saturated carbocycles. The molecule has 162 valence electrons. The molecular weight excluding hydrogens is 406 g/mol. The van der Waals surface area contributed by atoms with Gasteiger partial charge in [-0.05, 0) is 30.2 Å². The topological polar surface area (TPSA) is 149 Å². The van der Waals surface area contributed by atoms with Crippen molar-refractivity contribution in [1.82, 2.24) is 20.2 Å². The van der Waals surface area contributed by atoms with Crippen LogP contribution in [0.3, 0.4) is 0 Å². The van der Waals surface area contributed by atoms with Crippen molar-refractivity contribution in [2.45, 2.75) is 32.4 Å². The third-order valence-electron chi connectivity index (χ3n) is 4.56. The zero-order valence-electron chi connectivity index (χ0n) is 16.6. The summed E-state index contributed by atoms with van der Waals surface area (Å²) in [5.41, 5.74) is 1.32. The zero-order valence-corrected chi connectivity index (χ0v) is 16.6. The Balaban J connectivity index is 1.39. The van der Waals surface area contributed by atoms with Crippen LogP contribution in [-0.2, 0) is 22.7 Å². The van der Waals surface area contributed by atoms with E-state index < -0.39 is 10.7 Å². The predicted molar refractivity (Wildman–Crippen MR) is 110 cm³/mol. The molecule has 0 fully saturated rings. The van der Waals surface area contributed by atoms with Crippen LogP contribution in [0.2, 0.25) is 0 Å². The molecule has 2 N–H and O–H groups in total. The predicted octanol–water partition coefficient (Wildman–Crippen LogP) is 1.50. The molecule has 3 rings (SSSR count). The van der Waals surface area contributed by atoms with E-state index >= 15 is 0 Å². The number of aromatic nitrogens is 2. The van der Waals surface area contributed by atoms with Crippen molar-refractivity contribution in [2.75, 3.05) is 6.54 Å². The number of fused-ring (bicyclic) bond motifs is 1. The van der Waals surface area contributed by atoms with Gasteiger partial charge < -0.3 is 15.1 Å². The molecule has 2 amide bonds. The maximum atomic E-state index is 12.0. The van der Waals surface area contributed by atoms with Crippen molar-refractivity contribution >= 4 is 28.6 Å². The maximum absolute atomic E-state index is 12.0. The van der Waals surface area contributed by atoms with Crippen LogP contribution >= 0.6 is 0 Å². The van der Waals surface area contributed by atoms with Gasteiger partial charge in [-0.2, -0.15) is 0 Å². The number of hydrogen-bond donors (Lipinski definition) is 2. The lowest BCUT2D eigenvalue weighted by molar-refractivity contribution is -0.384. The highest BCUT2D eigenvalue weighted by molar-refractivity contribution is 5.79. The molecule has 31 heavy (non-hydrogen) atoms. The van der Waals surface area contributed by atoms with Gasteiger partial charge in [0.1, 0.15) is 0 Å². The molecule has 11 heteroatoms. The smallest absolute Gasteiger partial charge is 0.407 e. The average Bonchev–Trinajstić information content (AvgIpc) is 3.07. The fourth-order valence-corrected chi connectivity index (χ4v) is 2.97. The van der Waals surface area contributed by atoms with Gasteiger partial charge in [0.2, 0.25) is 11.8 Å². The van der Waals surface area contributed by atoms with E-state index in [0.717, 1.165) is 5.56 Å². The molecular formula is C20H21N5O6. The Hall–Kier alpha value is -4.02. The summed E-state index contributed by atoms with van der Waals surface area (Å²) in [6.07, 6.45) is 3.97. The minimum absolute atomic E-state index is 0.126. The summed E-state index contributed by atoms with van der Waals surface area (Å²) in [5.74, 6) is -1.05. The first-order valence-corrected chi connectivity index (χ1v) is 9.64. The normalized spacial score (nSPS) is 10.7. The minimum Gasteiger partial charge on any atom is -0.407 e. The molecule has 11 nitrogen and oxygen atoms in total. The fourth-order valence-electron chi connectivity index (χ4n) is 2.97. The van der Waals surface area contributed by atoms with Gasteiger partial charge in [-0.3, -0.25) is 29.3 Å². The summed E-state index contributed by atoms with van der Waals surface area (Å²) in [7, 11) is 0. The summed E-state index contributed by atoms with van der Waals surface area (Å²) in [4.78, 5) is 49.9. The standard InChI is InChI=1S/C20H21N5O6/c26-18(22-10-7-19(27)23-13-14-5-8-21-9-6-14)2-1-11-24-16-4-3-15(25(29)30)12-17(16)31-20(24)28/h3-6,8-9,12H,1-2,7,10-11,13H2,(H,22,26)(H,23,27). The number of carbonyl (C=O) groups excluding carboxylic acids is 2. The first kappa shape index (κ1) is 21.7. The van der Waals surface area contributed by atoms with E-state index in [2.05, 4.69) is 15.6 Å². The molecule has 0 radical (unpaired) electrons.